The lowest BCUT2D eigenvalue weighted by Gasteiger charge is -2.00. The van der Waals surface area contributed by atoms with Crippen molar-refractivity contribution in [2.45, 2.75) is 202 Å². The third kappa shape index (κ3) is 43.9. The zero-order valence-electron chi connectivity index (χ0n) is 46.5. The van der Waals surface area contributed by atoms with Crippen molar-refractivity contribution < 1.29 is 0 Å². The average molecular weight is 911 g/mol. The summed E-state index contributed by atoms with van der Waals surface area (Å²) in [5.74, 6) is 3.18. The van der Waals surface area contributed by atoms with Crippen molar-refractivity contribution in [3.8, 4) is 0 Å². The van der Waals surface area contributed by atoms with Gasteiger partial charge in [-0.25, -0.2) is 9.97 Å². The molecule has 0 aliphatic carbocycles. The summed E-state index contributed by atoms with van der Waals surface area (Å²) in [6.45, 7) is 49.5. The largest absolute Gasteiger partial charge is 0.264 e. The summed E-state index contributed by atoms with van der Waals surface area (Å²) < 4.78 is 0. The summed E-state index contributed by atoms with van der Waals surface area (Å²) >= 11 is 0. The van der Waals surface area contributed by atoms with Gasteiger partial charge < -0.3 is 0 Å². The molecule has 6 heterocycles. The van der Waals surface area contributed by atoms with Crippen LogP contribution in [0, 0.1) is 0 Å². The zero-order valence-corrected chi connectivity index (χ0v) is 46.5. The van der Waals surface area contributed by atoms with Crippen molar-refractivity contribution in [2.75, 3.05) is 0 Å². The van der Waals surface area contributed by atoms with Crippen molar-refractivity contribution in [1.82, 2.24) is 50.3 Å². The van der Waals surface area contributed by atoms with Crippen LogP contribution in [0.3, 0.4) is 0 Å². The monoisotopic (exact) mass is 911 g/mol. The molecule has 0 aliphatic rings. The molecule has 0 radical (unpaired) electrons. The van der Waals surface area contributed by atoms with Gasteiger partial charge in [0.1, 0.15) is 6.33 Å². The van der Waals surface area contributed by atoms with E-state index in [1.165, 1.54) is 11.1 Å². The minimum absolute atomic E-state index is 0.485. The van der Waals surface area contributed by atoms with Gasteiger partial charge in [0.25, 0.3) is 0 Å². The van der Waals surface area contributed by atoms with Crippen LogP contribution < -0.4 is 0 Å². The van der Waals surface area contributed by atoms with Gasteiger partial charge in [0.15, 0.2) is 0 Å². The maximum atomic E-state index is 4.18. The first-order chi connectivity index (χ1) is 31.8. The molecular formula is C56H98N10. The Bertz CT molecular complexity index is 1350. The van der Waals surface area contributed by atoms with Crippen molar-refractivity contribution >= 4 is 0 Å². The lowest BCUT2D eigenvalue weighted by molar-refractivity contribution is 0.785. The summed E-state index contributed by atoms with van der Waals surface area (Å²) in [6.07, 6.45) is 19.3. The van der Waals surface area contributed by atoms with E-state index >= 15 is 0 Å². The number of aromatic nitrogens is 10. The molecule has 0 aliphatic heterocycles. The molecule has 10 heteroatoms. The molecule has 0 saturated carbocycles. The Morgan fingerprint density at radius 3 is 1.05 bits per heavy atom. The van der Waals surface area contributed by atoms with Crippen molar-refractivity contribution in [2.24, 2.45) is 0 Å². The Morgan fingerprint density at radius 1 is 0.288 bits per heavy atom. The molecule has 0 N–H and O–H groups in total. The fraction of sp³-hybridized carbons (Fsp3) is 0.536. The lowest BCUT2D eigenvalue weighted by Crippen LogP contribution is -1.92. The highest BCUT2D eigenvalue weighted by Crippen LogP contribution is 2.12. The second-order valence-electron chi connectivity index (χ2n) is 14.1. The molecule has 0 aromatic carbocycles. The topological polar surface area (TPSA) is 129 Å². The quantitative estimate of drug-likeness (QED) is 0.159. The maximum Gasteiger partial charge on any atom is 0.115 e. The Balaban J connectivity index is -0.000000156. The Hall–Kier alpha value is -5.38. The van der Waals surface area contributed by atoms with E-state index in [-0.39, 0.29) is 0 Å². The second kappa shape index (κ2) is 55.8. The highest BCUT2D eigenvalue weighted by molar-refractivity contribution is 5.12. The van der Waals surface area contributed by atoms with E-state index in [0.29, 0.717) is 35.5 Å². The van der Waals surface area contributed by atoms with Gasteiger partial charge in [-0.15, -0.1) is 0 Å². The number of pyridine rings is 2. The van der Waals surface area contributed by atoms with E-state index in [1.807, 2.05) is 144 Å². The molecule has 0 bridgehead atoms. The van der Waals surface area contributed by atoms with Crippen LogP contribution in [0.25, 0.3) is 0 Å². The van der Waals surface area contributed by atoms with Gasteiger partial charge in [0.05, 0.1) is 17.6 Å². The maximum absolute atomic E-state index is 4.18. The van der Waals surface area contributed by atoms with Crippen LogP contribution in [-0.4, -0.2) is 50.3 Å². The lowest BCUT2D eigenvalue weighted by atomic mass is 10.1. The minimum Gasteiger partial charge on any atom is -0.264 e. The van der Waals surface area contributed by atoms with Gasteiger partial charge in [-0.3, -0.25) is 19.9 Å². The van der Waals surface area contributed by atoms with Crippen LogP contribution in [0.5, 0.6) is 0 Å². The third-order valence-electron chi connectivity index (χ3n) is 7.46. The highest BCUT2D eigenvalue weighted by Gasteiger charge is 1.99. The standard InChI is InChI=1S/2C8H11N.4C7H10N2.6C2H6/c1-7(2)8-4-3-5-9-6-8;1-7(2)8-5-3-4-6-9-8;1-6(2)7-5-8-3-4-9-7;1-6(2)7-3-4-8-5-9-7;1-6(2)7-3-4-8-9-5-7;1-6(2)7-4-3-5-8-9-7;6*1-2/h2*3-7H,1-2H3;4*3-6H,1-2H3;6*1-2H3. The van der Waals surface area contributed by atoms with Gasteiger partial charge in [-0.05, 0) is 89.1 Å². The molecule has 0 unspecified atom stereocenters. The summed E-state index contributed by atoms with van der Waals surface area (Å²) in [6, 6.07) is 17.9. The predicted molar refractivity (Wildman–Crippen MR) is 289 cm³/mol. The van der Waals surface area contributed by atoms with Crippen molar-refractivity contribution in [3.05, 3.63) is 157 Å². The molecule has 6 aromatic heterocycles. The van der Waals surface area contributed by atoms with E-state index in [4.69, 9.17) is 0 Å². The first-order valence-corrected chi connectivity index (χ1v) is 24.7. The molecule has 0 saturated heterocycles. The van der Waals surface area contributed by atoms with E-state index in [9.17, 15) is 0 Å². The number of hydrogen-bond acceptors (Lipinski definition) is 10. The Kier molecular flexibility index (Phi) is 61.0. The number of hydrogen-bond donors (Lipinski definition) is 0. The van der Waals surface area contributed by atoms with Gasteiger partial charge in [-0.1, -0.05) is 178 Å². The van der Waals surface area contributed by atoms with E-state index in [0.717, 1.165) is 22.8 Å². The first-order valence-electron chi connectivity index (χ1n) is 24.7. The summed E-state index contributed by atoms with van der Waals surface area (Å²) in [5, 5.41) is 15.1. The minimum atomic E-state index is 0.485. The van der Waals surface area contributed by atoms with Gasteiger partial charge in [0.2, 0.25) is 0 Å². The van der Waals surface area contributed by atoms with E-state index in [2.05, 4.69) is 139 Å². The van der Waals surface area contributed by atoms with E-state index in [1.54, 1.807) is 55.9 Å². The number of rotatable bonds is 6. The SMILES string of the molecule is CC.CC.CC.CC.CC.CC.CC(C)c1ccccn1.CC(C)c1cccnc1.CC(C)c1cccnn1.CC(C)c1ccncn1.CC(C)c1ccnnc1.CC(C)c1cnccn1. The molecule has 372 valence electrons. The van der Waals surface area contributed by atoms with E-state index < -0.39 is 0 Å². The molecule has 10 nitrogen and oxygen atoms in total. The average Bonchev–Trinajstić information content (AvgIpc) is 3.40. The fourth-order valence-corrected chi connectivity index (χ4v) is 3.95. The van der Waals surface area contributed by atoms with Crippen LogP contribution >= 0.6 is 0 Å². The molecule has 6 rings (SSSR count). The molecule has 66 heavy (non-hydrogen) atoms. The van der Waals surface area contributed by atoms with Gasteiger partial charge >= 0.3 is 0 Å². The van der Waals surface area contributed by atoms with Crippen LogP contribution in [0.4, 0.5) is 0 Å². The van der Waals surface area contributed by atoms with Crippen LogP contribution in [-0.2, 0) is 0 Å². The Labute approximate surface area is 407 Å². The predicted octanol–water partition coefficient (Wildman–Crippen LogP) is 17.0. The van der Waals surface area contributed by atoms with Crippen LogP contribution in [0.15, 0.2) is 123 Å². The van der Waals surface area contributed by atoms with Crippen LogP contribution in [0.1, 0.15) is 236 Å². The normalized spacial score (nSPS) is 8.82. The smallest absolute Gasteiger partial charge is 0.115 e. The molecule has 0 spiro atoms. The second-order valence-corrected chi connectivity index (χ2v) is 14.1. The molecule has 0 atom stereocenters. The summed E-state index contributed by atoms with van der Waals surface area (Å²) in [7, 11) is 0. The van der Waals surface area contributed by atoms with Gasteiger partial charge in [0, 0.05) is 67.2 Å². The van der Waals surface area contributed by atoms with Gasteiger partial charge in [-0.2, -0.15) is 20.4 Å². The molecule has 6 aromatic rings. The fourth-order valence-electron chi connectivity index (χ4n) is 3.95. The van der Waals surface area contributed by atoms with Crippen molar-refractivity contribution in [1.29, 1.82) is 0 Å². The number of nitrogens with zero attached hydrogens (tertiary/aromatic N) is 10. The highest BCUT2D eigenvalue weighted by atomic mass is 15.1. The van der Waals surface area contributed by atoms with Crippen molar-refractivity contribution in [3.63, 3.8) is 0 Å². The molecule has 0 fully saturated rings. The molecular weight excluding hydrogens is 813 g/mol. The van der Waals surface area contributed by atoms with Crippen LogP contribution in [0.2, 0.25) is 0 Å². The first kappa shape index (κ1) is 72.2. The third-order valence-corrected chi connectivity index (χ3v) is 7.46. The Morgan fingerprint density at radius 2 is 0.773 bits per heavy atom. The summed E-state index contributed by atoms with van der Waals surface area (Å²) in [4.78, 5) is 24.1. The summed E-state index contributed by atoms with van der Waals surface area (Å²) in [5.41, 5.74) is 6.92. The molecule has 0 amide bonds. The zero-order chi connectivity index (χ0) is 52.1.